The molecule has 1 fully saturated rings. The maximum absolute atomic E-state index is 13.9. The second kappa shape index (κ2) is 9.00. The van der Waals surface area contributed by atoms with Gasteiger partial charge in [-0.25, -0.2) is 8.78 Å². The van der Waals surface area contributed by atoms with Crippen LogP contribution in [0.25, 0.3) is 0 Å². The number of hydrogen-bond acceptors (Lipinski definition) is 3. The van der Waals surface area contributed by atoms with E-state index in [1.807, 2.05) is 12.1 Å². The Bertz CT molecular complexity index is 727. The smallest absolute Gasteiger partial charge is 0.125 e. The molecule has 2 aromatic carbocycles. The molecule has 2 aliphatic heterocycles. The van der Waals surface area contributed by atoms with E-state index in [1.165, 1.54) is 12.1 Å². The highest BCUT2D eigenvalue weighted by Gasteiger charge is 2.22. The molecule has 0 radical (unpaired) electrons. The van der Waals surface area contributed by atoms with Crippen LogP contribution in [-0.2, 0) is 17.6 Å². The standard InChI is InChI=1S/C21H24F2N2O.ClH/c22-18-6-4-16-2-3-17-5-7-19(23)15-21(17)25(20(16)14-18)9-1-8-24-10-12-26-13-11-24;/h4-7,14-15H,1-3,8-13H2;1H. The van der Waals surface area contributed by atoms with Crippen molar-refractivity contribution < 1.29 is 13.5 Å². The Morgan fingerprint density at radius 1 is 0.815 bits per heavy atom. The van der Waals surface area contributed by atoms with Crippen LogP contribution >= 0.6 is 12.4 Å². The van der Waals surface area contributed by atoms with Gasteiger partial charge in [0.15, 0.2) is 0 Å². The number of morpholine rings is 1. The van der Waals surface area contributed by atoms with Gasteiger partial charge in [0.2, 0.25) is 0 Å². The Labute approximate surface area is 165 Å². The summed E-state index contributed by atoms with van der Waals surface area (Å²) < 4.78 is 33.3. The molecule has 0 N–H and O–H groups in total. The van der Waals surface area contributed by atoms with Gasteiger partial charge in [0.05, 0.1) is 13.2 Å². The number of anilines is 2. The molecule has 146 valence electrons. The Hall–Kier alpha value is -1.69. The van der Waals surface area contributed by atoms with Crippen LogP contribution in [0.4, 0.5) is 20.2 Å². The molecule has 0 spiro atoms. The van der Waals surface area contributed by atoms with Gasteiger partial charge in [-0.2, -0.15) is 0 Å². The molecule has 2 aromatic rings. The van der Waals surface area contributed by atoms with Crippen molar-refractivity contribution in [2.75, 3.05) is 44.3 Å². The average molecular weight is 395 g/mol. The topological polar surface area (TPSA) is 15.7 Å². The molecule has 0 aromatic heterocycles. The van der Waals surface area contributed by atoms with Crippen LogP contribution in [0.15, 0.2) is 36.4 Å². The Balaban J connectivity index is 0.00000210. The zero-order valence-corrected chi connectivity index (χ0v) is 16.1. The summed E-state index contributed by atoms with van der Waals surface area (Å²) in [4.78, 5) is 4.49. The Kier molecular flexibility index (Phi) is 6.68. The third kappa shape index (κ3) is 4.60. The fourth-order valence-electron chi connectivity index (χ4n) is 3.92. The van der Waals surface area contributed by atoms with E-state index < -0.39 is 0 Å². The van der Waals surface area contributed by atoms with Crippen molar-refractivity contribution in [2.45, 2.75) is 19.3 Å². The molecule has 0 bridgehead atoms. The molecule has 0 amide bonds. The van der Waals surface area contributed by atoms with Crippen molar-refractivity contribution in [1.82, 2.24) is 4.90 Å². The molecule has 2 aliphatic rings. The number of rotatable bonds is 4. The highest BCUT2D eigenvalue weighted by atomic mass is 35.5. The maximum Gasteiger partial charge on any atom is 0.125 e. The van der Waals surface area contributed by atoms with Crippen LogP contribution in [0.3, 0.4) is 0 Å². The van der Waals surface area contributed by atoms with E-state index in [4.69, 9.17) is 4.74 Å². The van der Waals surface area contributed by atoms with E-state index in [-0.39, 0.29) is 24.0 Å². The molecule has 2 heterocycles. The molecule has 3 nitrogen and oxygen atoms in total. The molecule has 6 heteroatoms. The minimum absolute atomic E-state index is 0. The third-order valence-corrected chi connectivity index (χ3v) is 5.30. The van der Waals surface area contributed by atoms with Crippen LogP contribution in [-0.4, -0.2) is 44.3 Å². The summed E-state index contributed by atoms with van der Waals surface area (Å²) in [5.41, 5.74) is 3.98. The Morgan fingerprint density at radius 3 is 1.93 bits per heavy atom. The largest absolute Gasteiger partial charge is 0.379 e. The molecule has 0 atom stereocenters. The first-order valence-corrected chi connectivity index (χ1v) is 9.35. The zero-order valence-electron chi connectivity index (χ0n) is 15.3. The quantitative estimate of drug-likeness (QED) is 0.767. The van der Waals surface area contributed by atoms with Gasteiger partial charge in [0.1, 0.15) is 11.6 Å². The number of benzene rings is 2. The summed E-state index contributed by atoms with van der Waals surface area (Å²) in [6.07, 6.45) is 2.62. The van der Waals surface area contributed by atoms with Gasteiger partial charge >= 0.3 is 0 Å². The van der Waals surface area contributed by atoms with E-state index in [0.717, 1.165) is 81.2 Å². The van der Waals surface area contributed by atoms with E-state index in [0.29, 0.717) is 0 Å². The lowest BCUT2D eigenvalue weighted by atomic mass is 10.0. The van der Waals surface area contributed by atoms with E-state index in [1.54, 1.807) is 12.1 Å². The first-order chi connectivity index (χ1) is 12.7. The minimum atomic E-state index is -0.248. The van der Waals surface area contributed by atoms with Crippen molar-refractivity contribution in [3.05, 3.63) is 59.2 Å². The molecular formula is C21H25ClF2N2O. The van der Waals surface area contributed by atoms with Gasteiger partial charge in [0.25, 0.3) is 0 Å². The number of ether oxygens (including phenoxy) is 1. The lowest BCUT2D eigenvalue weighted by Gasteiger charge is -2.30. The molecular weight excluding hydrogens is 370 g/mol. The fraction of sp³-hybridized carbons (Fsp3) is 0.429. The summed E-state index contributed by atoms with van der Waals surface area (Å²) in [7, 11) is 0. The molecule has 0 unspecified atom stereocenters. The van der Waals surface area contributed by atoms with Gasteiger partial charge < -0.3 is 9.64 Å². The van der Waals surface area contributed by atoms with Gasteiger partial charge in [-0.3, -0.25) is 4.90 Å². The molecule has 1 saturated heterocycles. The van der Waals surface area contributed by atoms with Gasteiger partial charge in [-0.1, -0.05) is 12.1 Å². The summed E-state index contributed by atoms with van der Waals surface area (Å²) in [6, 6.07) is 9.93. The SMILES string of the molecule is Cl.Fc1ccc2c(c1)N(CCCN1CCOCC1)c1cc(F)ccc1CC2. The molecule has 4 rings (SSSR count). The van der Waals surface area contributed by atoms with Crippen LogP contribution in [0.1, 0.15) is 17.5 Å². The van der Waals surface area contributed by atoms with Crippen LogP contribution < -0.4 is 4.90 Å². The second-order valence-electron chi connectivity index (χ2n) is 7.01. The van der Waals surface area contributed by atoms with Crippen LogP contribution in [0.5, 0.6) is 0 Å². The van der Waals surface area contributed by atoms with E-state index >= 15 is 0 Å². The number of hydrogen-bond donors (Lipinski definition) is 0. The van der Waals surface area contributed by atoms with E-state index in [9.17, 15) is 8.78 Å². The maximum atomic E-state index is 13.9. The fourth-order valence-corrected chi connectivity index (χ4v) is 3.92. The van der Waals surface area contributed by atoms with Crippen LogP contribution in [0.2, 0.25) is 0 Å². The number of aryl methyl sites for hydroxylation is 2. The average Bonchev–Trinajstić information content (AvgIpc) is 2.80. The summed E-state index contributed by atoms with van der Waals surface area (Å²) in [5, 5.41) is 0. The summed E-state index contributed by atoms with van der Waals surface area (Å²) in [6.45, 7) is 5.18. The molecule has 0 aliphatic carbocycles. The van der Waals surface area contributed by atoms with Crippen molar-refractivity contribution in [2.24, 2.45) is 0 Å². The van der Waals surface area contributed by atoms with Crippen molar-refractivity contribution in [1.29, 1.82) is 0 Å². The Morgan fingerprint density at radius 2 is 1.37 bits per heavy atom. The second-order valence-corrected chi connectivity index (χ2v) is 7.01. The third-order valence-electron chi connectivity index (χ3n) is 5.30. The molecule has 0 saturated carbocycles. The number of fused-ring (bicyclic) bond motifs is 2. The predicted octanol–water partition coefficient (Wildman–Crippen LogP) is 4.35. The van der Waals surface area contributed by atoms with E-state index in [2.05, 4.69) is 9.80 Å². The molecule has 27 heavy (non-hydrogen) atoms. The van der Waals surface area contributed by atoms with Crippen LogP contribution in [0, 0.1) is 11.6 Å². The van der Waals surface area contributed by atoms with Gasteiger partial charge in [-0.15, -0.1) is 12.4 Å². The number of nitrogens with zero attached hydrogens (tertiary/aromatic N) is 2. The van der Waals surface area contributed by atoms with Gasteiger partial charge in [-0.05, 0) is 54.7 Å². The normalized spacial score (nSPS) is 16.9. The lowest BCUT2D eigenvalue weighted by molar-refractivity contribution is 0.0377. The lowest BCUT2D eigenvalue weighted by Crippen LogP contribution is -2.37. The minimum Gasteiger partial charge on any atom is -0.379 e. The van der Waals surface area contributed by atoms with Crippen molar-refractivity contribution >= 4 is 23.8 Å². The first kappa shape index (κ1) is 20.1. The van der Waals surface area contributed by atoms with Crippen molar-refractivity contribution in [3.63, 3.8) is 0 Å². The van der Waals surface area contributed by atoms with Gasteiger partial charge in [0, 0.05) is 37.6 Å². The predicted molar refractivity (Wildman–Crippen MR) is 106 cm³/mol. The highest BCUT2D eigenvalue weighted by Crippen LogP contribution is 2.37. The summed E-state index contributed by atoms with van der Waals surface area (Å²) in [5.74, 6) is -0.497. The van der Waals surface area contributed by atoms with Crippen molar-refractivity contribution in [3.8, 4) is 0 Å². The first-order valence-electron chi connectivity index (χ1n) is 9.35. The highest BCUT2D eigenvalue weighted by molar-refractivity contribution is 5.85. The summed E-state index contributed by atoms with van der Waals surface area (Å²) >= 11 is 0. The number of halogens is 3. The monoisotopic (exact) mass is 394 g/mol. The zero-order chi connectivity index (χ0) is 17.9.